The highest BCUT2D eigenvalue weighted by Crippen LogP contribution is 2.49. The van der Waals surface area contributed by atoms with Gasteiger partial charge in [-0.1, -0.05) is 209 Å². The molecule has 0 aliphatic carbocycles. The Labute approximate surface area is 486 Å². The van der Waals surface area contributed by atoms with Crippen LogP contribution in [0.3, 0.4) is 0 Å². The summed E-state index contributed by atoms with van der Waals surface area (Å²) in [6, 6.07) is 73.4. The van der Waals surface area contributed by atoms with E-state index < -0.39 is 5.41 Å². The number of aromatic nitrogens is 2. The van der Waals surface area contributed by atoms with Gasteiger partial charge >= 0.3 is 0 Å². The molecule has 0 radical (unpaired) electrons. The van der Waals surface area contributed by atoms with Crippen molar-refractivity contribution in [3.05, 3.63) is 296 Å². The summed E-state index contributed by atoms with van der Waals surface area (Å²) in [6.45, 7) is 30.0. The van der Waals surface area contributed by atoms with Crippen LogP contribution in [0.2, 0.25) is 0 Å². The molecule has 81 heavy (non-hydrogen) atoms. The second-order valence-corrected chi connectivity index (χ2v) is 19.8. The fourth-order valence-electron chi connectivity index (χ4n) is 10.1. The number of hydrogen-bond donors (Lipinski definition) is 0. The van der Waals surface area contributed by atoms with Gasteiger partial charge in [-0.25, -0.2) is 9.97 Å². The Bertz CT molecular complexity index is 3500. The van der Waals surface area contributed by atoms with Gasteiger partial charge < -0.3 is 9.80 Å². The predicted molar refractivity (Wildman–Crippen MR) is 356 cm³/mol. The fraction of sp³-hybridized carbons (Fsp3) is 0.195. The first-order valence-electron chi connectivity index (χ1n) is 28.7. The summed E-state index contributed by atoms with van der Waals surface area (Å²) >= 11 is 0. The Balaban J connectivity index is 0.000000803. The van der Waals surface area contributed by atoms with E-state index in [1.165, 1.54) is 33.4 Å². The van der Waals surface area contributed by atoms with Gasteiger partial charge in [0.15, 0.2) is 0 Å². The molecule has 412 valence electrons. The summed E-state index contributed by atoms with van der Waals surface area (Å²) in [5.74, 6) is 0. The monoisotopic (exact) mass is 1060 g/mol. The second kappa shape index (κ2) is 31.1. The molecule has 4 heteroatoms. The summed E-state index contributed by atoms with van der Waals surface area (Å²) < 4.78 is 0. The lowest BCUT2D eigenvalue weighted by atomic mass is 9.62. The van der Waals surface area contributed by atoms with Gasteiger partial charge in [-0.15, -0.1) is 19.7 Å². The summed E-state index contributed by atoms with van der Waals surface area (Å²) in [4.78, 5) is 15.6. The van der Waals surface area contributed by atoms with Crippen LogP contribution in [-0.2, 0) is 5.41 Å². The molecule has 4 nitrogen and oxygen atoms in total. The van der Waals surface area contributed by atoms with Crippen molar-refractivity contribution in [2.75, 3.05) is 16.8 Å². The van der Waals surface area contributed by atoms with E-state index in [0.29, 0.717) is 0 Å². The molecule has 8 aromatic carbocycles. The van der Waals surface area contributed by atoms with Crippen molar-refractivity contribution in [2.45, 2.75) is 93.4 Å². The van der Waals surface area contributed by atoms with E-state index >= 15 is 0 Å². The van der Waals surface area contributed by atoms with E-state index in [9.17, 15) is 0 Å². The number of aryl methyl sites for hydroxylation is 1. The van der Waals surface area contributed by atoms with Crippen LogP contribution in [0.15, 0.2) is 279 Å². The van der Waals surface area contributed by atoms with Crippen LogP contribution in [0.4, 0.5) is 28.4 Å². The minimum Gasteiger partial charge on any atom is -0.345 e. The average molecular weight is 1070 g/mol. The van der Waals surface area contributed by atoms with Crippen LogP contribution < -0.4 is 9.80 Å². The van der Waals surface area contributed by atoms with E-state index in [-0.39, 0.29) is 0 Å². The molecule has 0 saturated carbocycles. The molecule has 1 aromatic heterocycles. The molecule has 1 heterocycles. The fourth-order valence-corrected chi connectivity index (χ4v) is 10.1. The van der Waals surface area contributed by atoms with E-state index in [4.69, 9.17) is 9.97 Å². The molecule has 9 aromatic rings. The summed E-state index contributed by atoms with van der Waals surface area (Å²) in [5, 5.41) is 0. The van der Waals surface area contributed by atoms with Crippen molar-refractivity contribution in [3.8, 4) is 33.6 Å². The third-order valence-corrected chi connectivity index (χ3v) is 14.3. The van der Waals surface area contributed by atoms with Crippen LogP contribution in [0.5, 0.6) is 0 Å². The topological polar surface area (TPSA) is 32.3 Å². The number of fused-ring (bicyclic) bond motifs is 1. The number of anilines is 5. The molecule has 0 fully saturated rings. The molecule has 0 aliphatic rings. The van der Waals surface area contributed by atoms with Crippen molar-refractivity contribution in [2.24, 2.45) is 0 Å². The Kier molecular flexibility index (Phi) is 23.5. The Morgan fingerprint density at radius 2 is 1.00 bits per heavy atom. The second-order valence-electron chi connectivity index (χ2n) is 19.8. The van der Waals surface area contributed by atoms with E-state index in [1.807, 2.05) is 44.2 Å². The Hall–Kier alpha value is -8.86. The standard InChI is InChI=1S/C65H60N4.C6H10.C4H8.C2H6/c1-8-23-52(24-9-2)65(48(6)46(3)4,60-35-20-19-25-47(60)5)53-29-21-28-51(45-53)59-34-22-36-61-64(59)67-63(62(66-61)49-26-13-10-14-27-49)50-37-39-57(40-38-50)69(56-32-17-12-18-33-56)58-43-41-55(42-44-58)68(7)54-30-15-11-16-31-54;1-3-5-6-4-2;1-3-4-2;1-2/h8,10-45H,9H2,1-7H3;3-4H,1-2,5-6H2;3H,1,4H2,2H3;1-2H3/b23-8-,52-24+;;;. The number of hydrogen-bond acceptors (Lipinski definition) is 4. The number of benzene rings is 8. The molecule has 0 N–H and O–H groups in total. The van der Waals surface area contributed by atoms with Crippen LogP contribution in [0.1, 0.15) is 97.8 Å². The number of para-hydroxylation sites is 3. The number of nitrogens with zero attached hydrogens (tertiary/aromatic N) is 4. The van der Waals surface area contributed by atoms with Crippen molar-refractivity contribution in [1.29, 1.82) is 0 Å². The zero-order valence-electron chi connectivity index (χ0n) is 49.8. The van der Waals surface area contributed by atoms with Crippen molar-refractivity contribution in [1.82, 2.24) is 9.97 Å². The molecule has 0 aliphatic heterocycles. The molecule has 0 bridgehead atoms. The number of rotatable bonds is 18. The quantitative estimate of drug-likeness (QED) is 0.0487. The highest BCUT2D eigenvalue weighted by molar-refractivity contribution is 5.96. The van der Waals surface area contributed by atoms with Gasteiger partial charge in [-0.2, -0.15) is 0 Å². The van der Waals surface area contributed by atoms with Gasteiger partial charge in [0.1, 0.15) is 0 Å². The van der Waals surface area contributed by atoms with Crippen LogP contribution in [-0.4, -0.2) is 17.0 Å². The lowest BCUT2D eigenvalue weighted by Gasteiger charge is -2.40. The minimum absolute atomic E-state index is 0.527. The lowest BCUT2D eigenvalue weighted by molar-refractivity contribution is 0.703. The molecular formula is C77H84N4. The SMILES string of the molecule is C/C=C\C(=C/CC)C(C(C)=C(C)C)(c1cccc(-c2cccc3nc(-c4ccccc4)c(-c4ccc(N(c5ccccc5)c5ccc(N(C)c6ccccc6)cc5)cc4)nc23)c1)c1ccccc1C.C=CCC.C=CCCC=C.CC. The molecule has 0 amide bonds. The maximum Gasteiger partial charge on any atom is 0.0973 e. The van der Waals surface area contributed by atoms with Gasteiger partial charge in [0.2, 0.25) is 0 Å². The number of unbranched alkanes of at least 4 members (excludes halogenated alkanes) is 1. The molecule has 1 atom stereocenters. The van der Waals surface area contributed by atoms with Gasteiger partial charge in [-0.3, -0.25) is 0 Å². The first-order chi connectivity index (χ1) is 39.5. The van der Waals surface area contributed by atoms with Crippen molar-refractivity contribution < 1.29 is 0 Å². The largest absolute Gasteiger partial charge is 0.345 e. The predicted octanol–water partition coefficient (Wildman–Crippen LogP) is 22.5. The summed E-state index contributed by atoms with van der Waals surface area (Å²) in [7, 11) is 2.11. The normalized spacial score (nSPS) is 11.6. The highest BCUT2D eigenvalue weighted by Gasteiger charge is 2.40. The van der Waals surface area contributed by atoms with Crippen molar-refractivity contribution in [3.63, 3.8) is 0 Å². The first kappa shape index (κ1) is 61.4. The highest BCUT2D eigenvalue weighted by atomic mass is 15.1. The third-order valence-electron chi connectivity index (χ3n) is 14.3. The first-order valence-corrected chi connectivity index (χ1v) is 28.7. The Morgan fingerprint density at radius 3 is 1.56 bits per heavy atom. The number of allylic oxidation sites excluding steroid dienone is 9. The van der Waals surface area contributed by atoms with Gasteiger partial charge in [0.05, 0.1) is 27.8 Å². The van der Waals surface area contributed by atoms with Gasteiger partial charge in [0, 0.05) is 52.2 Å². The van der Waals surface area contributed by atoms with E-state index in [1.54, 1.807) is 0 Å². The van der Waals surface area contributed by atoms with Gasteiger partial charge in [0.25, 0.3) is 0 Å². The van der Waals surface area contributed by atoms with Crippen LogP contribution >= 0.6 is 0 Å². The molecule has 9 rings (SSSR count). The average Bonchev–Trinajstić information content (AvgIpc) is 3.56. The molecular weight excluding hydrogens is 981 g/mol. The zero-order chi connectivity index (χ0) is 58.2. The van der Waals surface area contributed by atoms with E-state index in [2.05, 4.69) is 297 Å². The smallest absolute Gasteiger partial charge is 0.0973 e. The maximum absolute atomic E-state index is 5.65. The summed E-state index contributed by atoms with van der Waals surface area (Å²) in [5.41, 5.74) is 20.1. The van der Waals surface area contributed by atoms with Crippen LogP contribution in [0.25, 0.3) is 44.7 Å². The minimum atomic E-state index is -0.527. The van der Waals surface area contributed by atoms with Gasteiger partial charge in [-0.05, 0) is 161 Å². The van der Waals surface area contributed by atoms with Crippen molar-refractivity contribution >= 4 is 39.5 Å². The zero-order valence-corrected chi connectivity index (χ0v) is 49.8. The molecule has 1 unspecified atom stereocenters. The molecule has 0 spiro atoms. The lowest BCUT2D eigenvalue weighted by Crippen LogP contribution is -2.33. The van der Waals surface area contributed by atoms with E-state index in [0.717, 1.165) is 98.8 Å². The Morgan fingerprint density at radius 1 is 0.519 bits per heavy atom. The maximum atomic E-state index is 5.65. The third kappa shape index (κ3) is 14.7. The van der Waals surface area contributed by atoms with Crippen LogP contribution in [0, 0.1) is 6.92 Å². The summed E-state index contributed by atoms with van der Waals surface area (Å²) in [6.07, 6.45) is 16.7. The molecule has 0 saturated heterocycles.